The molecule has 0 spiro atoms. The molecule has 57 heavy (non-hydrogen) atoms. The van der Waals surface area contributed by atoms with E-state index in [9.17, 15) is 19.8 Å². The van der Waals surface area contributed by atoms with Gasteiger partial charge in [-0.15, -0.1) is 21.5 Å². The number of nitrogens with one attached hydrogen (secondary N) is 2. The molecule has 15 heteroatoms. The number of likely N-dealkylation sites (tertiary alicyclic amines) is 2. The first-order chi connectivity index (χ1) is 27.5. The van der Waals surface area contributed by atoms with E-state index >= 15 is 0 Å². The number of para-hydroxylation sites is 1. The Labute approximate surface area is 333 Å². The number of β-amino-alcohol motifs (C(OH)–C–C–N with tert-alkyl or cyclic N) is 1. The minimum Gasteiger partial charge on any atom is -0.507 e. The summed E-state index contributed by atoms with van der Waals surface area (Å²) in [4.78, 5) is 40.2. The fourth-order valence-electron chi connectivity index (χ4n) is 7.93. The average molecular weight is 791 g/mol. The number of aromatic amines is 1. The van der Waals surface area contributed by atoms with Crippen molar-refractivity contribution in [3.8, 4) is 33.3 Å². The molecule has 2 amide bonds. The van der Waals surface area contributed by atoms with Crippen LogP contribution in [0.4, 0.5) is 0 Å². The first-order valence-electron chi connectivity index (χ1n) is 19.3. The number of aliphatic hydroxyl groups is 1. The number of aryl methyl sites for hydroxylation is 1. The van der Waals surface area contributed by atoms with Crippen molar-refractivity contribution in [1.82, 2.24) is 40.4 Å². The Kier molecular flexibility index (Phi) is 10.8. The number of aromatic hydroxyl groups is 1. The molecule has 296 valence electrons. The smallest absolute Gasteiger partial charge is 0.254 e. The van der Waals surface area contributed by atoms with Crippen LogP contribution in [-0.2, 0) is 9.59 Å². The maximum absolute atomic E-state index is 14.1. The van der Waals surface area contributed by atoms with Crippen molar-refractivity contribution in [2.45, 2.75) is 64.1 Å². The van der Waals surface area contributed by atoms with E-state index < -0.39 is 18.1 Å². The Morgan fingerprint density at radius 2 is 1.86 bits per heavy atom. The van der Waals surface area contributed by atoms with Crippen molar-refractivity contribution < 1.29 is 29.1 Å². The second kappa shape index (κ2) is 16.1. The Morgan fingerprint density at radius 3 is 2.60 bits per heavy atom. The molecule has 0 saturated carbocycles. The van der Waals surface area contributed by atoms with Crippen LogP contribution >= 0.6 is 11.3 Å². The number of H-pyrrole nitrogens is 1. The molecule has 2 aliphatic rings. The van der Waals surface area contributed by atoms with Gasteiger partial charge in [-0.1, -0.05) is 50.2 Å². The zero-order valence-corrected chi connectivity index (χ0v) is 33.1. The van der Waals surface area contributed by atoms with Crippen molar-refractivity contribution >= 4 is 34.2 Å². The van der Waals surface area contributed by atoms with Gasteiger partial charge >= 0.3 is 0 Å². The zero-order valence-electron chi connectivity index (χ0n) is 32.3. The maximum Gasteiger partial charge on any atom is 0.254 e. The quantitative estimate of drug-likeness (QED) is 0.111. The van der Waals surface area contributed by atoms with Crippen molar-refractivity contribution in [3.63, 3.8) is 0 Å². The number of phenolic OH excluding ortho intramolecular Hbond substituents is 1. The molecule has 0 bridgehead atoms. The van der Waals surface area contributed by atoms with Crippen LogP contribution in [0.15, 0.2) is 76.9 Å². The van der Waals surface area contributed by atoms with Crippen LogP contribution in [0.3, 0.4) is 0 Å². The number of hydrogen-bond donors (Lipinski definition) is 4. The van der Waals surface area contributed by atoms with Crippen molar-refractivity contribution in [2.75, 3.05) is 32.8 Å². The minimum atomic E-state index is -0.828. The van der Waals surface area contributed by atoms with E-state index in [1.54, 1.807) is 29.5 Å². The highest BCUT2D eigenvalue weighted by Gasteiger charge is 2.43. The maximum atomic E-state index is 14.1. The molecule has 4 aromatic heterocycles. The molecular formula is C42H46N8O6S. The van der Waals surface area contributed by atoms with Gasteiger partial charge in [-0.25, -0.2) is 4.98 Å². The fraction of sp³-hybridized carbons (Fsp3) is 0.381. The van der Waals surface area contributed by atoms with E-state index in [0.29, 0.717) is 41.7 Å². The van der Waals surface area contributed by atoms with Gasteiger partial charge in [-0.05, 0) is 59.8 Å². The zero-order chi connectivity index (χ0) is 39.8. The number of ether oxygens (including phenoxy) is 1. The van der Waals surface area contributed by atoms with Gasteiger partial charge in [-0.2, -0.15) is 0 Å². The third-order valence-corrected chi connectivity index (χ3v) is 12.1. The van der Waals surface area contributed by atoms with Crippen molar-refractivity contribution in [1.29, 1.82) is 0 Å². The molecule has 8 rings (SSSR count). The summed E-state index contributed by atoms with van der Waals surface area (Å²) in [5, 5.41) is 37.8. The number of aliphatic hydroxyl groups excluding tert-OH is 1. The molecule has 14 nitrogen and oxygen atoms in total. The van der Waals surface area contributed by atoms with Crippen molar-refractivity contribution in [3.05, 3.63) is 95.0 Å². The summed E-state index contributed by atoms with van der Waals surface area (Å²) < 4.78 is 11.6. The molecule has 2 aromatic carbocycles. The number of nitrogens with zero attached hydrogens (tertiary/aromatic N) is 6. The molecule has 1 unspecified atom stereocenters. The summed E-state index contributed by atoms with van der Waals surface area (Å²) in [6.07, 6.45) is 1.31. The van der Waals surface area contributed by atoms with E-state index in [1.165, 1.54) is 4.90 Å². The van der Waals surface area contributed by atoms with E-state index in [1.807, 2.05) is 81.9 Å². The van der Waals surface area contributed by atoms with Crippen LogP contribution in [0.5, 0.6) is 11.6 Å². The van der Waals surface area contributed by atoms with Gasteiger partial charge < -0.3 is 34.7 Å². The molecule has 4 atom stereocenters. The number of fused-ring (bicyclic) bond motifs is 1. The van der Waals surface area contributed by atoms with Crippen LogP contribution in [-0.4, -0.2) is 102 Å². The summed E-state index contributed by atoms with van der Waals surface area (Å²) in [6.45, 7) is 10.5. The normalized spacial score (nSPS) is 18.5. The van der Waals surface area contributed by atoms with Gasteiger partial charge in [0.2, 0.25) is 11.8 Å². The number of rotatable bonds is 13. The van der Waals surface area contributed by atoms with E-state index in [0.717, 1.165) is 45.7 Å². The molecule has 6 heterocycles. The molecular weight excluding hydrogens is 745 g/mol. The summed E-state index contributed by atoms with van der Waals surface area (Å²) in [5.41, 5.74) is 7.93. The minimum absolute atomic E-state index is 0.0511. The lowest BCUT2D eigenvalue weighted by atomic mass is 9.91. The third-order valence-electron chi connectivity index (χ3n) is 11.1. The van der Waals surface area contributed by atoms with Crippen LogP contribution < -0.4 is 10.1 Å². The summed E-state index contributed by atoms with van der Waals surface area (Å²) in [7, 11) is 0. The summed E-state index contributed by atoms with van der Waals surface area (Å²) in [6, 6.07) is 17.6. The van der Waals surface area contributed by atoms with E-state index in [4.69, 9.17) is 9.26 Å². The first-order valence-corrected chi connectivity index (χ1v) is 20.2. The van der Waals surface area contributed by atoms with Gasteiger partial charge in [0.1, 0.15) is 24.3 Å². The van der Waals surface area contributed by atoms with Crippen LogP contribution in [0.1, 0.15) is 67.7 Å². The molecule has 2 saturated heterocycles. The van der Waals surface area contributed by atoms with Gasteiger partial charge in [0.15, 0.2) is 11.4 Å². The lowest BCUT2D eigenvalue weighted by Crippen LogP contribution is -2.48. The highest BCUT2D eigenvalue weighted by Crippen LogP contribution is 2.36. The topological polar surface area (TPSA) is 183 Å². The predicted molar refractivity (Wildman–Crippen MR) is 215 cm³/mol. The fourth-order valence-corrected chi connectivity index (χ4v) is 8.74. The number of carbonyl (C=O) groups excluding carboxylic acids is 2. The Bertz CT molecular complexity index is 2370. The molecule has 0 aliphatic carbocycles. The average Bonchev–Trinajstić information content (AvgIpc) is 4.00. The SMILES string of the molecule is Cc1ncsc1-c1ccc([C@H](C)NC(=O)[C@@H]2CC(O)CN2C(=O)[C@@H](c2cc(OCCN3CC(c4c[nH]c5nnc(-c6ccccc6O)cc45)C3)no2)C(C)C)cc1. The van der Waals surface area contributed by atoms with Gasteiger partial charge in [0, 0.05) is 61.7 Å². The highest BCUT2D eigenvalue weighted by atomic mass is 32.1. The van der Waals surface area contributed by atoms with Crippen LogP contribution in [0, 0.1) is 12.8 Å². The van der Waals surface area contributed by atoms with Gasteiger partial charge in [0.25, 0.3) is 5.88 Å². The molecule has 6 aromatic rings. The second-order valence-corrected chi connectivity index (χ2v) is 16.2. The van der Waals surface area contributed by atoms with Crippen molar-refractivity contribution in [2.24, 2.45) is 5.92 Å². The van der Waals surface area contributed by atoms with E-state index in [2.05, 4.69) is 35.5 Å². The monoisotopic (exact) mass is 790 g/mol. The molecule has 4 N–H and O–H groups in total. The second-order valence-electron chi connectivity index (χ2n) is 15.4. The molecule has 2 fully saturated rings. The largest absolute Gasteiger partial charge is 0.507 e. The van der Waals surface area contributed by atoms with E-state index in [-0.39, 0.29) is 48.4 Å². The number of aromatic nitrogens is 5. The standard InChI is InChI=1S/C42H46N8O6S/c1-23(2)38(42(54)50-21-29(51)15-34(50)41(53)45-24(3)26-9-11-27(12-10-26)39-25(4)44-22-57-39)36-17-37(48-56-36)55-14-13-49-19-28(20-49)32-18-43-40-31(32)16-33(46-47-40)30-7-5-6-8-35(30)52/h5-12,16-18,22-24,28-29,34,38,51-52H,13-15,19-21H2,1-4H3,(H,43,47)(H,45,53)/t24-,29?,34-,38+/m0/s1. The number of carbonyl (C=O) groups is 2. The molecule has 2 aliphatic heterocycles. The Morgan fingerprint density at radius 1 is 1.07 bits per heavy atom. The number of amides is 2. The summed E-state index contributed by atoms with van der Waals surface area (Å²) >= 11 is 1.59. The number of benzene rings is 2. The lowest BCUT2D eigenvalue weighted by molar-refractivity contribution is -0.141. The number of hydrogen-bond acceptors (Lipinski definition) is 12. The van der Waals surface area contributed by atoms with Crippen LogP contribution in [0.2, 0.25) is 0 Å². The van der Waals surface area contributed by atoms with Gasteiger partial charge in [-0.3, -0.25) is 14.5 Å². The predicted octanol–water partition coefficient (Wildman–Crippen LogP) is 5.81. The third kappa shape index (κ3) is 7.87. The first kappa shape index (κ1) is 38.2. The Balaban J connectivity index is 0.851. The highest BCUT2D eigenvalue weighted by molar-refractivity contribution is 7.13. The van der Waals surface area contributed by atoms with Gasteiger partial charge in [0.05, 0.1) is 33.9 Å². The number of phenols is 1. The lowest BCUT2D eigenvalue weighted by Gasteiger charge is -2.39. The summed E-state index contributed by atoms with van der Waals surface area (Å²) in [5.74, 6) is -0.415. The molecule has 0 radical (unpaired) electrons. The Hall–Kier alpha value is -5.64. The van der Waals surface area contributed by atoms with Crippen LogP contribution in [0.25, 0.3) is 32.7 Å². The number of thiazole rings is 1.